The molecule has 38 heavy (non-hydrogen) atoms. The highest BCUT2D eigenvalue weighted by Gasteiger charge is 2.37. The summed E-state index contributed by atoms with van der Waals surface area (Å²) in [6.07, 6.45) is 0.761. The largest absolute Gasteiger partial charge is 0.467 e. The molecule has 12 heteroatoms. The molecule has 0 fully saturated rings. The lowest BCUT2D eigenvalue weighted by Gasteiger charge is -2.31. The van der Waals surface area contributed by atoms with Crippen molar-refractivity contribution in [2.75, 3.05) is 28.4 Å². The Balaban J connectivity index is 0. The normalized spacial score (nSPS) is 15.9. The van der Waals surface area contributed by atoms with E-state index in [1.807, 2.05) is 27.7 Å². The summed E-state index contributed by atoms with van der Waals surface area (Å²) in [5.74, 6) is -1.03. The fourth-order valence-electron chi connectivity index (χ4n) is 3.05. The summed E-state index contributed by atoms with van der Waals surface area (Å²) in [4.78, 5) is 22.6. The van der Waals surface area contributed by atoms with E-state index in [-0.39, 0.29) is 0 Å². The van der Waals surface area contributed by atoms with Gasteiger partial charge in [-0.1, -0.05) is 0 Å². The minimum Gasteiger partial charge on any atom is -0.467 e. The zero-order valence-electron chi connectivity index (χ0n) is 25.5. The number of ether oxygens (including phenoxy) is 4. The van der Waals surface area contributed by atoms with Gasteiger partial charge in [-0.3, -0.25) is 0 Å². The predicted octanol–water partition coefficient (Wildman–Crippen LogP) is 4.98. The number of hydrogen-bond donors (Lipinski definition) is 0. The van der Waals surface area contributed by atoms with Crippen LogP contribution in [0.1, 0.15) is 82.1 Å². The molecule has 0 spiro atoms. The molecule has 0 aliphatic rings. The van der Waals surface area contributed by atoms with Crippen molar-refractivity contribution in [3.8, 4) is 12.1 Å². The van der Waals surface area contributed by atoms with Crippen molar-refractivity contribution in [3.05, 3.63) is 0 Å². The molecule has 0 aromatic heterocycles. The van der Waals surface area contributed by atoms with Gasteiger partial charge in [0, 0.05) is 27.1 Å². The van der Waals surface area contributed by atoms with E-state index in [1.54, 1.807) is 55.8 Å². The second kappa shape index (κ2) is 14.3. The molecular weight excluding hydrogens is 492 g/mol. The summed E-state index contributed by atoms with van der Waals surface area (Å²) in [6, 6.07) is 4.32. The van der Waals surface area contributed by atoms with E-state index in [0.717, 1.165) is 0 Å². The minimum absolute atomic E-state index is 0.381. The highest BCUT2D eigenvalue weighted by Crippen LogP contribution is 2.30. The number of esters is 2. The van der Waals surface area contributed by atoms with Gasteiger partial charge in [0.2, 0.25) is 0 Å². The zero-order valence-corrected chi connectivity index (χ0v) is 25.5. The second-order valence-corrected chi connectivity index (χ2v) is 11.6. The summed E-state index contributed by atoms with van der Waals surface area (Å²) in [7, 11) is 5.72. The Hall–Kier alpha value is -2.96. The van der Waals surface area contributed by atoms with Crippen LogP contribution < -0.4 is 0 Å². The van der Waals surface area contributed by atoms with E-state index in [1.165, 1.54) is 14.2 Å². The first kappa shape index (κ1) is 37.2. The standard InChI is InChI=1S/C16H28N4O2.C10H18N2O4/c1-13(2,21-7)9-15(5,11-17)19-20-16(6,12-18)10-14(3,4)22-8;1-9(2,7(13)15-5)11-12-10(3,4)8(14)16-6/h9-10H2,1-8H3;1-6H3. The number of methoxy groups -OCH3 is 4. The predicted molar refractivity (Wildman–Crippen MR) is 141 cm³/mol. The molecular formula is C26H46N6O6. The molecule has 216 valence electrons. The lowest BCUT2D eigenvalue weighted by Crippen LogP contribution is -2.37. The monoisotopic (exact) mass is 538 g/mol. The van der Waals surface area contributed by atoms with Crippen LogP contribution in [0.4, 0.5) is 0 Å². The molecule has 0 radical (unpaired) electrons. The van der Waals surface area contributed by atoms with Crippen LogP contribution in [0.3, 0.4) is 0 Å². The van der Waals surface area contributed by atoms with Gasteiger partial charge in [0.15, 0.2) is 22.2 Å². The molecule has 0 saturated heterocycles. The van der Waals surface area contributed by atoms with E-state index in [0.29, 0.717) is 12.8 Å². The van der Waals surface area contributed by atoms with E-state index in [2.05, 4.69) is 42.1 Å². The molecule has 0 aliphatic heterocycles. The molecule has 0 rings (SSSR count). The third-order valence-corrected chi connectivity index (χ3v) is 5.54. The number of azo groups is 2. The molecule has 0 aliphatic carbocycles. The Morgan fingerprint density at radius 3 is 1.03 bits per heavy atom. The van der Waals surface area contributed by atoms with E-state index in [4.69, 9.17) is 9.47 Å². The summed E-state index contributed by atoms with van der Waals surface area (Å²) in [5, 5.41) is 34.8. The highest BCUT2D eigenvalue weighted by atomic mass is 16.5. The summed E-state index contributed by atoms with van der Waals surface area (Å²) in [6.45, 7) is 17.1. The van der Waals surface area contributed by atoms with Gasteiger partial charge in [-0.15, -0.1) is 0 Å². The van der Waals surface area contributed by atoms with Crippen molar-refractivity contribution in [1.29, 1.82) is 10.5 Å². The van der Waals surface area contributed by atoms with Crippen LogP contribution in [0, 0.1) is 22.7 Å². The summed E-state index contributed by atoms with van der Waals surface area (Å²) >= 11 is 0. The van der Waals surface area contributed by atoms with Gasteiger partial charge in [0.05, 0.1) is 37.6 Å². The number of carbonyl (C=O) groups excluding carboxylic acids is 2. The number of hydrogen-bond acceptors (Lipinski definition) is 12. The van der Waals surface area contributed by atoms with Crippen LogP contribution in [-0.2, 0) is 28.5 Å². The first-order valence-electron chi connectivity index (χ1n) is 12.0. The lowest BCUT2D eigenvalue weighted by molar-refractivity contribution is -0.148. The number of nitriles is 2. The SMILES string of the molecule is COC(=O)C(C)(C)N=NC(C)(C)C(=O)OC.COC(C)(C)CC(C)(C#N)N=NC(C)(C#N)CC(C)(C)OC. The number of nitrogens with zero attached hydrogens (tertiary/aromatic N) is 6. The van der Waals surface area contributed by atoms with Gasteiger partial charge < -0.3 is 18.9 Å². The van der Waals surface area contributed by atoms with Crippen LogP contribution in [0.25, 0.3) is 0 Å². The molecule has 0 N–H and O–H groups in total. The average Bonchev–Trinajstić information content (AvgIpc) is 2.85. The molecule has 0 amide bonds. The van der Waals surface area contributed by atoms with Gasteiger partial charge in [-0.25, -0.2) is 9.59 Å². The fourth-order valence-corrected chi connectivity index (χ4v) is 3.05. The van der Waals surface area contributed by atoms with Crippen LogP contribution in [0.5, 0.6) is 0 Å². The van der Waals surface area contributed by atoms with Crippen LogP contribution in [-0.4, -0.2) is 73.7 Å². The Morgan fingerprint density at radius 2 is 0.842 bits per heavy atom. The number of carbonyl (C=O) groups is 2. The second-order valence-electron chi connectivity index (χ2n) is 11.6. The first-order chi connectivity index (χ1) is 17.0. The van der Waals surface area contributed by atoms with Gasteiger partial charge in [-0.05, 0) is 69.2 Å². The molecule has 0 saturated carbocycles. The molecule has 0 heterocycles. The topological polar surface area (TPSA) is 168 Å². The minimum atomic E-state index is -1.11. The van der Waals surface area contributed by atoms with Crippen molar-refractivity contribution in [1.82, 2.24) is 0 Å². The zero-order chi connectivity index (χ0) is 30.6. The van der Waals surface area contributed by atoms with Crippen molar-refractivity contribution in [3.63, 3.8) is 0 Å². The fraction of sp³-hybridized carbons (Fsp3) is 0.846. The first-order valence-corrected chi connectivity index (χ1v) is 12.0. The van der Waals surface area contributed by atoms with Crippen LogP contribution in [0.2, 0.25) is 0 Å². The summed E-state index contributed by atoms with van der Waals surface area (Å²) < 4.78 is 19.8. The summed E-state index contributed by atoms with van der Waals surface area (Å²) in [5.41, 5.74) is -5.32. The van der Waals surface area contributed by atoms with Crippen molar-refractivity contribution in [2.24, 2.45) is 20.5 Å². The number of rotatable bonds is 12. The molecule has 0 aromatic carbocycles. The quantitative estimate of drug-likeness (QED) is 0.247. The maximum absolute atomic E-state index is 11.3. The van der Waals surface area contributed by atoms with E-state index >= 15 is 0 Å². The van der Waals surface area contributed by atoms with Gasteiger partial charge in [0.1, 0.15) is 0 Å². The maximum Gasteiger partial charge on any atom is 0.335 e. The Bertz CT molecular complexity index is 871. The van der Waals surface area contributed by atoms with Crippen molar-refractivity contribution >= 4 is 11.9 Å². The van der Waals surface area contributed by atoms with E-state index < -0.39 is 45.3 Å². The molecule has 2 atom stereocenters. The molecule has 12 nitrogen and oxygen atoms in total. The lowest BCUT2D eigenvalue weighted by atomic mass is 9.88. The Labute approximate surface area is 227 Å². The smallest absolute Gasteiger partial charge is 0.335 e. The van der Waals surface area contributed by atoms with Crippen LogP contribution >= 0.6 is 0 Å². The third kappa shape index (κ3) is 13.0. The molecule has 0 bridgehead atoms. The van der Waals surface area contributed by atoms with Gasteiger partial charge in [-0.2, -0.15) is 31.0 Å². The molecule has 0 aromatic rings. The van der Waals surface area contributed by atoms with E-state index in [9.17, 15) is 20.1 Å². The Kier molecular flexibility index (Phi) is 14.0. The van der Waals surface area contributed by atoms with Crippen molar-refractivity contribution < 1.29 is 28.5 Å². The molecule has 2 unspecified atom stereocenters. The van der Waals surface area contributed by atoms with Gasteiger partial charge >= 0.3 is 11.9 Å². The maximum atomic E-state index is 11.3. The van der Waals surface area contributed by atoms with Crippen molar-refractivity contribution in [2.45, 2.75) is 115 Å². The average molecular weight is 539 g/mol. The van der Waals surface area contributed by atoms with Crippen LogP contribution in [0.15, 0.2) is 20.5 Å². The van der Waals surface area contributed by atoms with Gasteiger partial charge in [0.25, 0.3) is 0 Å². The highest BCUT2D eigenvalue weighted by molar-refractivity contribution is 5.81. The third-order valence-electron chi connectivity index (χ3n) is 5.54. The Morgan fingerprint density at radius 1 is 0.579 bits per heavy atom.